The maximum absolute atomic E-state index is 11.0. The van der Waals surface area contributed by atoms with Crippen LogP contribution >= 0.6 is 0 Å². The van der Waals surface area contributed by atoms with Crippen molar-refractivity contribution in [2.75, 3.05) is 13.2 Å². The molecule has 13 heteroatoms. The molecule has 0 saturated heterocycles. The van der Waals surface area contributed by atoms with Gasteiger partial charge in [0.1, 0.15) is 36.1 Å². The van der Waals surface area contributed by atoms with E-state index < -0.39 is 60.4 Å². The Morgan fingerprint density at radius 2 is 1.56 bits per heavy atom. The van der Waals surface area contributed by atoms with E-state index in [1.54, 1.807) is 12.1 Å². The summed E-state index contributed by atoms with van der Waals surface area (Å²) in [5.41, 5.74) is 11.0. The number of nitrogens with one attached hydrogen (secondary N) is 1. The molecule has 0 heterocycles. The van der Waals surface area contributed by atoms with Crippen LogP contribution in [0.1, 0.15) is 12.5 Å². The maximum Gasteiger partial charge on any atom is 0.326 e. The van der Waals surface area contributed by atoms with Crippen molar-refractivity contribution in [2.45, 2.75) is 43.7 Å². The van der Waals surface area contributed by atoms with Crippen molar-refractivity contribution in [2.24, 2.45) is 11.5 Å². The van der Waals surface area contributed by atoms with Gasteiger partial charge in [0, 0.05) is 13.3 Å². The van der Waals surface area contributed by atoms with Gasteiger partial charge in [-0.25, -0.2) is 4.79 Å². The molecule has 1 amide bonds. The van der Waals surface area contributed by atoms with Crippen LogP contribution in [0.15, 0.2) is 24.3 Å². The first-order valence-electron chi connectivity index (χ1n) is 9.31. The molecule has 0 bridgehead atoms. The van der Waals surface area contributed by atoms with Gasteiger partial charge in [-0.15, -0.1) is 0 Å². The van der Waals surface area contributed by atoms with E-state index in [9.17, 15) is 29.4 Å². The number of amides is 1. The summed E-state index contributed by atoms with van der Waals surface area (Å²) in [7, 11) is 0. The number of carbonyl (C=O) groups is 4. The van der Waals surface area contributed by atoms with Gasteiger partial charge in [-0.05, 0) is 17.7 Å². The van der Waals surface area contributed by atoms with Crippen molar-refractivity contribution in [3.05, 3.63) is 29.8 Å². The zero-order valence-electron chi connectivity index (χ0n) is 17.3. The molecule has 32 heavy (non-hydrogen) atoms. The van der Waals surface area contributed by atoms with E-state index in [1.807, 2.05) is 0 Å². The van der Waals surface area contributed by atoms with Crippen molar-refractivity contribution in [1.29, 1.82) is 0 Å². The number of aromatic hydroxyl groups is 1. The number of nitrogens with two attached hydrogens (primary N) is 2. The van der Waals surface area contributed by atoms with Crippen molar-refractivity contribution in [3.63, 3.8) is 0 Å². The molecule has 0 unspecified atom stereocenters. The Labute approximate surface area is 183 Å². The SMILES string of the molecule is CC(=O)C(=O)[C@H](N)[C@@H](O)[C@@H](O)[C@H](O)CO.NCC(=O)N[C@@H](Cc1ccc(O)cc1)C(=O)O. The summed E-state index contributed by atoms with van der Waals surface area (Å²) in [6.07, 6.45) is -5.07. The standard InChI is InChI=1S/C11H14N2O4.C8H15NO6/c12-6-10(15)13-9(11(16)17)5-7-1-3-8(14)4-2-7;1-3(11)6(13)5(9)8(15)7(14)4(12)2-10/h1-4,9,14H,5-6,12H2,(H,13,15)(H,16,17);4-5,7-8,10,12,14-15H,2,9H2,1H3/t9-;4-,5+,7+,8-/m01/s1. The van der Waals surface area contributed by atoms with Crippen molar-refractivity contribution < 1.29 is 49.8 Å². The van der Waals surface area contributed by atoms with E-state index in [-0.39, 0.29) is 18.7 Å². The summed E-state index contributed by atoms with van der Waals surface area (Å²) in [4.78, 5) is 43.6. The highest BCUT2D eigenvalue weighted by Gasteiger charge is 2.34. The fraction of sp³-hybridized carbons (Fsp3) is 0.474. The minimum Gasteiger partial charge on any atom is -0.508 e. The molecule has 0 spiro atoms. The molecule has 1 aromatic rings. The Bertz CT molecular complexity index is 771. The molecule has 5 atom stereocenters. The molecule has 0 aliphatic carbocycles. The predicted octanol–water partition coefficient (Wildman–Crippen LogP) is -3.99. The van der Waals surface area contributed by atoms with Crippen LogP contribution in [0.25, 0.3) is 0 Å². The van der Waals surface area contributed by atoms with Crippen LogP contribution in [0.4, 0.5) is 0 Å². The summed E-state index contributed by atoms with van der Waals surface area (Å²) in [5, 5.41) is 56.2. The smallest absolute Gasteiger partial charge is 0.326 e. The molecule has 0 aliphatic rings. The topological polar surface area (TPSA) is 254 Å². The number of rotatable bonds is 11. The fourth-order valence-corrected chi connectivity index (χ4v) is 2.26. The molecule has 1 rings (SSSR count). The minimum absolute atomic E-state index is 0.103. The quantitative estimate of drug-likeness (QED) is 0.144. The predicted molar refractivity (Wildman–Crippen MR) is 109 cm³/mol. The molecule has 11 N–H and O–H groups in total. The second-order valence-corrected chi connectivity index (χ2v) is 6.71. The number of phenols is 1. The number of Topliss-reactive ketones (excluding diaryl/α,β-unsaturated/α-hetero) is 2. The molecule has 0 radical (unpaired) electrons. The molecular weight excluding hydrogens is 430 g/mol. The lowest BCUT2D eigenvalue weighted by molar-refractivity contribution is -0.141. The van der Waals surface area contributed by atoms with Crippen LogP contribution in [0.5, 0.6) is 5.75 Å². The van der Waals surface area contributed by atoms with Crippen LogP contribution in [0.2, 0.25) is 0 Å². The van der Waals surface area contributed by atoms with Gasteiger partial charge in [-0.3, -0.25) is 14.4 Å². The Kier molecular flexibility index (Phi) is 12.9. The van der Waals surface area contributed by atoms with Crippen LogP contribution in [0, 0.1) is 0 Å². The second-order valence-electron chi connectivity index (χ2n) is 6.71. The third-order valence-electron chi connectivity index (χ3n) is 4.14. The van der Waals surface area contributed by atoms with E-state index in [1.165, 1.54) is 12.1 Å². The number of aliphatic hydroxyl groups is 4. The number of carboxylic acid groups (broad SMARTS) is 1. The van der Waals surface area contributed by atoms with Crippen LogP contribution < -0.4 is 16.8 Å². The molecule has 0 aliphatic heterocycles. The Morgan fingerprint density at radius 1 is 1.03 bits per heavy atom. The van der Waals surface area contributed by atoms with Gasteiger partial charge in [-0.1, -0.05) is 12.1 Å². The number of carboxylic acids is 1. The largest absolute Gasteiger partial charge is 0.508 e. The van der Waals surface area contributed by atoms with Gasteiger partial charge in [-0.2, -0.15) is 0 Å². The molecule has 180 valence electrons. The monoisotopic (exact) mass is 459 g/mol. The average molecular weight is 459 g/mol. The normalized spacial score (nSPS) is 15.2. The van der Waals surface area contributed by atoms with Gasteiger partial charge in [0.2, 0.25) is 11.7 Å². The number of phenolic OH excluding ortho intramolecular Hbond substituents is 1. The number of ketones is 2. The van der Waals surface area contributed by atoms with E-state index >= 15 is 0 Å². The second kappa shape index (κ2) is 14.2. The van der Waals surface area contributed by atoms with Crippen LogP contribution in [0.3, 0.4) is 0 Å². The highest BCUT2D eigenvalue weighted by Crippen LogP contribution is 2.11. The molecule has 13 nitrogen and oxygen atoms in total. The minimum atomic E-state index is -1.80. The van der Waals surface area contributed by atoms with Crippen molar-refractivity contribution in [1.82, 2.24) is 5.32 Å². The van der Waals surface area contributed by atoms with Gasteiger partial charge < -0.3 is 47.4 Å². The molecule has 0 aromatic heterocycles. The van der Waals surface area contributed by atoms with Crippen molar-refractivity contribution >= 4 is 23.4 Å². The Hall–Kier alpha value is -2.94. The number of aliphatic hydroxyl groups excluding tert-OH is 4. The Morgan fingerprint density at radius 3 is 1.97 bits per heavy atom. The molecule has 1 aromatic carbocycles. The summed E-state index contributed by atoms with van der Waals surface area (Å²) in [6.45, 7) is -0.0671. The third-order valence-corrected chi connectivity index (χ3v) is 4.14. The van der Waals surface area contributed by atoms with E-state index in [0.717, 1.165) is 6.92 Å². The molecule has 0 fully saturated rings. The van der Waals surface area contributed by atoms with Gasteiger partial charge >= 0.3 is 5.97 Å². The first-order chi connectivity index (χ1) is 14.8. The third kappa shape index (κ3) is 9.91. The number of hydrogen-bond donors (Lipinski definition) is 9. The van der Waals surface area contributed by atoms with Gasteiger partial charge in [0.25, 0.3) is 0 Å². The number of carbonyl (C=O) groups excluding carboxylic acids is 3. The average Bonchev–Trinajstić information content (AvgIpc) is 2.77. The fourth-order valence-electron chi connectivity index (χ4n) is 2.26. The number of aliphatic carboxylic acids is 1. The van der Waals surface area contributed by atoms with Gasteiger partial charge in [0.15, 0.2) is 5.78 Å². The maximum atomic E-state index is 11.0. The van der Waals surface area contributed by atoms with E-state index in [0.29, 0.717) is 5.56 Å². The van der Waals surface area contributed by atoms with Gasteiger partial charge in [0.05, 0.1) is 13.2 Å². The van der Waals surface area contributed by atoms with Crippen LogP contribution in [-0.4, -0.2) is 97.6 Å². The molecular formula is C19H29N3O10. The number of hydrogen-bond acceptors (Lipinski definition) is 11. The Balaban J connectivity index is 0.000000607. The number of benzene rings is 1. The first-order valence-corrected chi connectivity index (χ1v) is 9.31. The first kappa shape index (κ1) is 29.1. The summed E-state index contributed by atoms with van der Waals surface area (Å²) >= 11 is 0. The summed E-state index contributed by atoms with van der Waals surface area (Å²) in [6, 6.07) is 3.48. The summed E-state index contributed by atoms with van der Waals surface area (Å²) in [5.74, 6) is -3.44. The highest BCUT2D eigenvalue weighted by atomic mass is 16.4. The summed E-state index contributed by atoms with van der Waals surface area (Å²) < 4.78 is 0. The highest BCUT2D eigenvalue weighted by molar-refractivity contribution is 6.38. The molecule has 0 saturated carbocycles. The lowest BCUT2D eigenvalue weighted by Crippen LogP contribution is -2.54. The van der Waals surface area contributed by atoms with Crippen molar-refractivity contribution in [3.8, 4) is 5.75 Å². The van der Waals surface area contributed by atoms with E-state index in [4.69, 9.17) is 31.9 Å². The van der Waals surface area contributed by atoms with Crippen LogP contribution in [-0.2, 0) is 25.6 Å². The zero-order valence-corrected chi connectivity index (χ0v) is 17.3. The lowest BCUT2D eigenvalue weighted by Gasteiger charge is -2.24. The van der Waals surface area contributed by atoms with E-state index in [2.05, 4.69) is 5.32 Å². The zero-order chi connectivity index (χ0) is 25.0. The lowest BCUT2D eigenvalue weighted by atomic mass is 9.97.